The molecule has 1 saturated heterocycles. The van der Waals surface area contributed by atoms with Crippen LogP contribution in [0.25, 0.3) is 0 Å². The van der Waals surface area contributed by atoms with Crippen LogP contribution in [-0.2, 0) is 6.42 Å². The van der Waals surface area contributed by atoms with Gasteiger partial charge >= 0.3 is 0 Å². The molecule has 2 nitrogen and oxygen atoms in total. The molecule has 0 saturated carbocycles. The number of fused-ring (bicyclic) bond motifs is 1. The normalized spacial score (nSPS) is 25.9. The topological polar surface area (TPSA) is 32.3 Å². The van der Waals surface area contributed by atoms with Gasteiger partial charge in [-0.1, -0.05) is 18.2 Å². The first-order valence-electron chi connectivity index (χ1n) is 6.87. The molecule has 0 spiro atoms. The summed E-state index contributed by atoms with van der Waals surface area (Å²) in [4.78, 5) is 1.45. The molecule has 98 valence electrons. The molecule has 1 fully saturated rings. The van der Waals surface area contributed by atoms with Crippen molar-refractivity contribution < 1.29 is 5.11 Å². The fourth-order valence-electron chi connectivity index (χ4n) is 3.23. The first-order chi connectivity index (χ1) is 8.81. The van der Waals surface area contributed by atoms with E-state index in [9.17, 15) is 5.11 Å². The number of hydrogen-bond donors (Lipinski definition) is 2. The van der Waals surface area contributed by atoms with E-state index in [2.05, 4.69) is 29.6 Å². The molecule has 2 aliphatic heterocycles. The van der Waals surface area contributed by atoms with Gasteiger partial charge in [0.15, 0.2) is 0 Å². The summed E-state index contributed by atoms with van der Waals surface area (Å²) in [6.45, 7) is 2.47. The van der Waals surface area contributed by atoms with Gasteiger partial charge in [-0.25, -0.2) is 0 Å². The van der Waals surface area contributed by atoms with Crippen LogP contribution in [0.2, 0.25) is 0 Å². The number of aliphatic hydroxyl groups excluding tert-OH is 1. The van der Waals surface area contributed by atoms with Crippen molar-refractivity contribution in [2.75, 3.05) is 19.7 Å². The van der Waals surface area contributed by atoms with Gasteiger partial charge in [0.25, 0.3) is 0 Å². The van der Waals surface area contributed by atoms with Crippen molar-refractivity contribution in [3.63, 3.8) is 0 Å². The third-order valence-electron chi connectivity index (χ3n) is 4.37. The zero-order valence-electron chi connectivity index (χ0n) is 10.7. The molecule has 0 radical (unpaired) electrons. The highest BCUT2D eigenvalue weighted by Crippen LogP contribution is 2.44. The second kappa shape index (κ2) is 5.24. The molecule has 1 unspecified atom stereocenters. The van der Waals surface area contributed by atoms with Crippen molar-refractivity contribution in [3.05, 3.63) is 29.8 Å². The van der Waals surface area contributed by atoms with Crippen LogP contribution < -0.4 is 5.32 Å². The van der Waals surface area contributed by atoms with Crippen LogP contribution in [0.1, 0.15) is 24.8 Å². The van der Waals surface area contributed by atoms with E-state index in [1.54, 1.807) is 0 Å². The minimum Gasteiger partial charge on any atom is -0.396 e. The van der Waals surface area contributed by atoms with E-state index in [0.29, 0.717) is 11.9 Å². The molecule has 18 heavy (non-hydrogen) atoms. The van der Waals surface area contributed by atoms with Gasteiger partial charge in [-0.15, -0.1) is 11.8 Å². The molecule has 1 aromatic rings. The van der Waals surface area contributed by atoms with E-state index in [-0.39, 0.29) is 5.41 Å². The number of benzene rings is 1. The maximum atomic E-state index is 9.78. The van der Waals surface area contributed by atoms with Gasteiger partial charge in [-0.05, 0) is 55.8 Å². The summed E-state index contributed by atoms with van der Waals surface area (Å²) in [5.74, 6) is 0. The molecule has 0 aliphatic carbocycles. The second-order valence-corrected chi connectivity index (χ2v) is 7.01. The van der Waals surface area contributed by atoms with Crippen LogP contribution in [0.15, 0.2) is 29.2 Å². The fraction of sp³-hybridized carbons (Fsp3) is 0.600. The van der Waals surface area contributed by atoms with Crippen LogP contribution in [-0.4, -0.2) is 30.1 Å². The number of thioether (sulfide) groups is 1. The van der Waals surface area contributed by atoms with E-state index in [0.717, 1.165) is 32.4 Å². The molecular formula is C15H21NOS. The lowest BCUT2D eigenvalue weighted by molar-refractivity contribution is 0.0801. The average Bonchev–Trinajstić information content (AvgIpc) is 2.81. The Labute approximate surface area is 113 Å². The van der Waals surface area contributed by atoms with Gasteiger partial charge in [-0.2, -0.15) is 0 Å². The van der Waals surface area contributed by atoms with Gasteiger partial charge in [0.2, 0.25) is 0 Å². The zero-order chi connectivity index (χ0) is 12.4. The minimum absolute atomic E-state index is 0.172. The Bertz CT molecular complexity index is 390. The number of nitrogens with one attached hydrogen (secondary N) is 1. The Hall–Kier alpha value is -0.510. The van der Waals surface area contributed by atoms with Crippen molar-refractivity contribution >= 4 is 11.8 Å². The van der Waals surface area contributed by atoms with E-state index < -0.39 is 0 Å². The highest BCUT2D eigenvalue weighted by atomic mass is 32.2. The summed E-state index contributed by atoms with van der Waals surface area (Å²) < 4.78 is 0. The molecule has 0 bridgehead atoms. The van der Waals surface area contributed by atoms with E-state index in [1.807, 2.05) is 11.8 Å². The monoisotopic (exact) mass is 263 g/mol. The summed E-state index contributed by atoms with van der Waals surface area (Å²) in [5.41, 5.74) is 1.67. The van der Waals surface area contributed by atoms with Crippen LogP contribution in [0, 0.1) is 5.41 Å². The predicted molar refractivity (Wildman–Crippen MR) is 76.0 cm³/mol. The van der Waals surface area contributed by atoms with Crippen molar-refractivity contribution in [1.29, 1.82) is 0 Å². The first-order valence-corrected chi connectivity index (χ1v) is 7.75. The van der Waals surface area contributed by atoms with E-state index in [4.69, 9.17) is 0 Å². The first kappa shape index (κ1) is 12.5. The molecule has 3 heteroatoms. The van der Waals surface area contributed by atoms with Crippen LogP contribution >= 0.6 is 11.8 Å². The number of aliphatic hydroxyl groups is 1. The third kappa shape index (κ3) is 2.44. The lowest BCUT2D eigenvalue weighted by atomic mass is 9.75. The Morgan fingerprint density at radius 2 is 2.06 bits per heavy atom. The molecule has 1 aromatic carbocycles. The lowest BCUT2D eigenvalue weighted by Crippen LogP contribution is -2.40. The van der Waals surface area contributed by atoms with Crippen LogP contribution in [0.5, 0.6) is 0 Å². The lowest BCUT2D eigenvalue weighted by Gasteiger charge is -2.37. The molecule has 2 N–H and O–H groups in total. The van der Waals surface area contributed by atoms with Gasteiger partial charge in [0.05, 0.1) is 0 Å². The second-order valence-electron chi connectivity index (χ2n) is 5.66. The smallest absolute Gasteiger partial charge is 0.0488 e. The van der Waals surface area contributed by atoms with Gasteiger partial charge in [0.1, 0.15) is 0 Å². The van der Waals surface area contributed by atoms with E-state index in [1.165, 1.54) is 16.9 Å². The van der Waals surface area contributed by atoms with Gasteiger partial charge in [0, 0.05) is 16.8 Å². The maximum Gasteiger partial charge on any atom is 0.0488 e. The molecule has 2 heterocycles. The highest BCUT2D eigenvalue weighted by molar-refractivity contribution is 8.00. The molecule has 1 atom stereocenters. The minimum atomic E-state index is 0.172. The van der Waals surface area contributed by atoms with Crippen molar-refractivity contribution in [3.8, 4) is 0 Å². The predicted octanol–water partition coefficient (Wildman–Crippen LogP) is 2.46. The summed E-state index contributed by atoms with van der Waals surface area (Å²) in [7, 11) is 0. The largest absolute Gasteiger partial charge is 0.396 e. The SMILES string of the molecule is OCC1(CC2Cc3ccccc3S2)CCNCC1. The van der Waals surface area contributed by atoms with Gasteiger partial charge < -0.3 is 10.4 Å². The molecule has 0 aromatic heterocycles. The zero-order valence-corrected chi connectivity index (χ0v) is 11.5. The van der Waals surface area contributed by atoms with Crippen LogP contribution in [0.4, 0.5) is 0 Å². The van der Waals surface area contributed by atoms with Crippen molar-refractivity contribution in [1.82, 2.24) is 5.32 Å². The number of hydrogen-bond acceptors (Lipinski definition) is 3. The summed E-state index contributed by atoms with van der Waals surface area (Å²) in [6.07, 6.45) is 4.58. The number of rotatable bonds is 3. The fourth-order valence-corrected chi connectivity index (χ4v) is 4.75. The Kier molecular flexibility index (Phi) is 3.64. The summed E-state index contributed by atoms with van der Waals surface area (Å²) in [5, 5.41) is 13.8. The van der Waals surface area contributed by atoms with E-state index >= 15 is 0 Å². The Morgan fingerprint density at radius 1 is 1.28 bits per heavy atom. The Morgan fingerprint density at radius 3 is 2.78 bits per heavy atom. The summed E-state index contributed by atoms with van der Waals surface area (Å²) in [6, 6.07) is 8.74. The quantitative estimate of drug-likeness (QED) is 0.878. The molecule has 2 aliphatic rings. The number of piperidine rings is 1. The van der Waals surface area contributed by atoms with Crippen molar-refractivity contribution in [2.24, 2.45) is 5.41 Å². The molecule has 3 rings (SSSR count). The molecule has 0 amide bonds. The maximum absolute atomic E-state index is 9.78. The Balaban J connectivity index is 1.67. The van der Waals surface area contributed by atoms with Crippen molar-refractivity contribution in [2.45, 2.75) is 35.8 Å². The third-order valence-corrected chi connectivity index (χ3v) is 5.69. The van der Waals surface area contributed by atoms with Gasteiger partial charge in [-0.3, -0.25) is 0 Å². The highest BCUT2D eigenvalue weighted by Gasteiger charge is 2.36. The standard InChI is InChI=1S/C15H21NOS/c17-11-15(5-7-16-8-6-15)10-13-9-12-3-1-2-4-14(12)18-13/h1-4,13,16-17H,5-11H2. The van der Waals surface area contributed by atoms with Crippen LogP contribution in [0.3, 0.4) is 0 Å². The molecular weight excluding hydrogens is 242 g/mol. The average molecular weight is 263 g/mol. The summed E-state index contributed by atoms with van der Waals surface area (Å²) >= 11 is 2.01.